The van der Waals surface area contributed by atoms with E-state index in [0.717, 1.165) is 10.9 Å². The van der Waals surface area contributed by atoms with Crippen molar-refractivity contribution in [2.24, 2.45) is 0 Å². The second-order valence-corrected chi connectivity index (χ2v) is 9.86. The van der Waals surface area contributed by atoms with E-state index in [-0.39, 0.29) is 0 Å². The van der Waals surface area contributed by atoms with Crippen molar-refractivity contribution < 1.29 is 0 Å². The first-order chi connectivity index (χ1) is 15.8. The number of halogens is 1. The summed E-state index contributed by atoms with van der Waals surface area (Å²) in [5, 5.41) is 0. The van der Waals surface area contributed by atoms with Gasteiger partial charge in [0.15, 0.2) is 0 Å². The summed E-state index contributed by atoms with van der Waals surface area (Å²) in [6.45, 7) is 0. The Labute approximate surface area is 200 Å². The number of aryl methyl sites for hydroxylation is 2. The highest BCUT2D eigenvalue weighted by Crippen LogP contribution is 2.39. The third kappa shape index (κ3) is 4.89. The maximum atomic E-state index is 3.61. The van der Waals surface area contributed by atoms with Gasteiger partial charge < -0.3 is 0 Å². The molecule has 0 fully saturated rings. The molecule has 0 radical (unpaired) electrons. The third-order valence-electron chi connectivity index (χ3n) is 6.65. The molecule has 0 aliphatic heterocycles. The lowest BCUT2D eigenvalue weighted by molar-refractivity contribution is 0.640. The van der Waals surface area contributed by atoms with E-state index in [1.165, 1.54) is 83.0 Å². The fraction of sp³-hybridized carbons (Fsp3) is 0.226. The van der Waals surface area contributed by atoms with Crippen molar-refractivity contribution >= 4 is 15.9 Å². The van der Waals surface area contributed by atoms with Gasteiger partial charge in [-0.2, -0.15) is 0 Å². The summed E-state index contributed by atoms with van der Waals surface area (Å²) in [6, 6.07) is 33.7. The SMILES string of the molecule is Brc1ccc2c(c1)Cc1cc(-c3ccc(CCCCCCc4ccccc4)cc3)ccc1-2. The molecule has 0 bridgehead atoms. The molecule has 0 atom stereocenters. The normalized spacial score (nSPS) is 11.9. The Morgan fingerprint density at radius 1 is 0.531 bits per heavy atom. The van der Waals surface area contributed by atoms with Crippen LogP contribution in [0.25, 0.3) is 22.3 Å². The van der Waals surface area contributed by atoms with Crippen LogP contribution in [0.1, 0.15) is 47.9 Å². The summed E-state index contributed by atoms with van der Waals surface area (Å²) in [5.74, 6) is 0. The van der Waals surface area contributed by atoms with Gasteiger partial charge in [0.1, 0.15) is 0 Å². The number of fused-ring (bicyclic) bond motifs is 3. The highest BCUT2D eigenvalue weighted by molar-refractivity contribution is 9.10. The van der Waals surface area contributed by atoms with Gasteiger partial charge in [0.05, 0.1) is 0 Å². The van der Waals surface area contributed by atoms with Crippen molar-refractivity contribution in [2.45, 2.75) is 44.9 Å². The topological polar surface area (TPSA) is 0 Å². The molecule has 0 spiro atoms. The van der Waals surface area contributed by atoms with Crippen LogP contribution in [0.4, 0.5) is 0 Å². The quantitative estimate of drug-likeness (QED) is 0.194. The molecule has 1 heteroatoms. The maximum Gasteiger partial charge on any atom is 0.0178 e. The van der Waals surface area contributed by atoms with Crippen molar-refractivity contribution in [3.8, 4) is 22.3 Å². The average molecular weight is 481 g/mol. The van der Waals surface area contributed by atoms with Crippen molar-refractivity contribution in [1.29, 1.82) is 0 Å². The molecule has 160 valence electrons. The molecule has 4 aromatic carbocycles. The third-order valence-corrected chi connectivity index (χ3v) is 7.15. The maximum absolute atomic E-state index is 3.61. The van der Waals surface area contributed by atoms with Crippen molar-refractivity contribution in [1.82, 2.24) is 0 Å². The minimum Gasteiger partial charge on any atom is -0.0622 e. The standard InChI is InChI=1S/C31H29Br/c32-29-17-19-31-28(22-29)21-27-20-26(16-18-30(27)31)25-14-12-24(13-15-25)11-5-2-1-4-8-23-9-6-3-7-10-23/h3,6-7,9-10,12-20,22H,1-2,4-5,8,11,21H2. The van der Waals surface area contributed by atoms with Gasteiger partial charge in [0.25, 0.3) is 0 Å². The summed E-state index contributed by atoms with van der Waals surface area (Å²) in [7, 11) is 0. The molecule has 0 amide bonds. The van der Waals surface area contributed by atoms with Gasteiger partial charge in [-0.25, -0.2) is 0 Å². The molecule has 0 N–H and O–H groups in total. The number of hydrogen-bond donors (Lipinski definition) is 0. The van der Waals surface area contributed by atoms with E-state index in [0.29, 0.717) is 0 Å². The summed E-state index contributed by atoms with van der Waals surface area (Å²) in [5.41, 5.74) is 11.2. The highest BCUT2D eigenvalue weighted by Gasteiger charge is 2.18. The molecule has 32 heavy (non-hydrogen) atoms. The van der Waals surface area contributed by atoms with Crippen LogP contribution in [-0.2, 0) is 19.3 Å². The number of rotatable bonds is 8. The largest absolute Gasteiger partial charge is 0.0622 e. The van der Waals surface area contributed by atoms with Crippen LogP contribution >= 0.6 is 15.9 Å². The second kappa shape index (κ2) is 9.88. The van der Waals surface area contributed by atoms with Crippen molar-refractivity contribution in [2.75, 3.05) is 0 Å². The Morgan fingerprint density at radius 2 is 1.12 bits per heavy atom. The average Bonchev–Trinajstić information content (AvgIpc) is 3.19. The second-order valence-electron chi connectivity index (χ2n) is 8.95. The minimum absolute atomic E-state index is 1.03. The zero-order valence-corrected chi connectivity index (χ0v) is 20.1. The minimum atomic E-state index is 1.03. The van der Waals surface area contributed by atoms with Crippen LogP contribution in [0, 0.1) is 0 Å². The van der Waals surface area contributed by atoms with Crippen LogP contribution < -0.4 is 0 Å². The monoisotopic (exact) mass is 480 g/mol. The van der Waals surface area contributed by atoms with Gasteiger partial charge >= 0.3 is 0 Å². The Morgan fingerprint density at radius 3 is 1.84 bits per heavy atom. The summed E-state index contributed by atoms with van der Waals surface area (Å²) >= 11 is 3.61. The Hall–Kier alpha value is -2.64. The fourth-order valence-corrected chi connectivity index (χ4v) is 5.29. The van der Waals surface area contributed by atoms with Crippen LogP contribution in [0.2, 0.25) is 0 Å². The Kier molecular flexibility index (Phi) is 6.55. The van der Waals surface area contributed by atoms with Gasteiger partial charge in [-0.3, -0.25) is 0 Å². The molecule has 0 saturated carbocycles. The first-order valence-electron chi connectivity index (χ1n) is 11.8. The fourth-order valence-electron chi connectivity index (χ4n) is 4.88. The van der Waals surface area contributed by atoms with Crippen molar-refractivity contribution in [3.63, 3.8) is 0 Å². The molecule has 0 unspecified atom stereocenters. The first kappa shape index (κ1) is 21.2. The number of benzene rings is 4. The van der Waals surface area contributed by atoms with E-state index in [1.54, 1.807) is 0 Å². The molecule has 0 saturated heterocycles. The zero-order valence-electron chi connectivity index (χ0n) is 18.5. The lowest BCUT2D eigenvalue weighted by Crippen LogP contribution is -1.89. The molecule has 1 aliphatic rings. The predicted molar refractivity (Wildman–Crippen MR) is 140 cm³/mol. The first-order valence-corrected chi connectivity index (χ1v) is 12.6. The van der Waals surface area contributed by atoms with E-state index in [1.807, 2.05) is 0 Å². The molecule has 5 rings (SSSR count). The Bertz CT molecular complexity index is 1190. The molecular formula is C31H29Br. The van der Waals surface area contributed by atoms with Gasteiger partial charge in [0.2, 0.25) is 0 Å². The highest BCUT2D eigenvalue weighted by atomic mass is 79.9. The van der Waals surface area contributed by atoms with Crippen LogP contribution in [0.3, 0.4) is 0 Å². The predicted octanol–water partition coefficient (Wildman–Crippen LogP) is 9.03. The molecular weight excluding hydrogens is 452 g/mol. The van der Waals surface area contributed by atoms with E-state index in [2.05, 4.69) is 107 Å². The summed E-state index contributed by atoms with van der Waals surface area (Å²) in [6.07, 6.45) is 8.62. The van der Waals surface area contributed by atoms with Crippen molar-refractivity contribution in [3.05, 3.63) is 118 Å². The molecule has 4 aromatic rings. The van der Waals surface area contributed by atoms with Crippen LogP contribution in [0.5, 0.6) is 0 Å². The van der Waals surface area contributed by atoms with Gasteiger partial charge in [-0.15, -0.1) is 0 Å². The van der Waals surface area contributed by atoms with E-state index in [9.17, 15) is 0 Å². The van der Waals surface area contributed by atoms with Crippen LogP contribution in [0.15, 0.2) is 95.5 Å². The summed E-state index contributed by atoms with van der Waals surface area (Å²) in [4.78, 5) is 0. The lowest BCUT2D eigenvalue weighted by atomic mass is 9.97. The van der Waals surface area contributed by atoms with Gasteiger partial charge in [-0.1, -0.05) is 108 Å². The molecule has 0 heterocycles. The molecule has 0 aromatic heterocycles. The lowest BCUT2D eigenvalue weighted by Gasteiger charge is -2.08. The zero-order chi connectivity index (χ0) is 21.8. The van der Waals surface area contributed by atoms with E-state index >= 15 is 0 Å². The van der Waals surface area contributed by atoms with E-state index < -0.39 is 0 Å². The smallest absolute Gasteiger partial charge is 0.0178 e. The number of hydrogen-bond acceptors (Lipinski definition) is 0. The molecule has 1 aliphatic carbocycles. The van der Waals surface area contributed by atoms with Gasteiger partial charge in [0, 0.05) is 4.47 Å². The summed E-state index contributed by atoms with van der Waals surface area (Å²) < 4.78 is 1.16. The van der Waals surface area contributed by atoms with Crippen LogP contribution in [-0.4, -0.2) is 0 Å². The van der Waals surface area contributed by atoms with E-state index in [4.69, 9.17) is 0 Å². The molecule has 0 nitrogen and oxygen atoms in total. The van der Waals surface area contributed by atoms with Gasteiger partial charge in [-0.05, 0) is 88.7 Å². The number of unbranched alkanes of at least 4 members (excludes halogenated alkanes) is 3. The Balaban J connectivity index is 1.14.